The number of rotatable bonds is 6. The number of nitrogens with zero attached hydrogens (tertiary/aromatic N) is 2. The van der Waals surface area contributed by atoms with Gasteiger partial charge in [0.05, 0.1) is 18.4 Å². The van der Waals surface area contributed by atoms with Gasteiger partial charge in [0.1, 0.15) is 11.4 Å². The Morgan fingerprint density at radius 1 is 1.13 bits per heavy atom. The molecule has 0 radical (unpaired) electrons. The summed E-state index contributed by atoms with van der Waals surface area (Å²) in [6.45, 7) is 2.49. The topological polar surface area (TPSA) is 79.0 Å². The molecule has 156 valence electrons. The van der Waals surface area contributed by atoms with Crippen LogP contribution in [0, 0.1) is 0 Å². The van der Waals surface area contributed by atoms with Gasteiger partial charge in [0.15, 0.2) is 0 Å². The molecule has 0 aliphatic carbocycles. The maximum absolute atomic E-state index is 13.2. The molecule has 1 fully saturated rings. The minimum atomic E-state index is -0.745. The van der Waals surface area contributed by atoms with Gasteiger partial charge < -0.3 is 15.0 Å². The van der Waals surface area contributed by atoms with E-state index >= 15 is 0 Å². The van der Waals surface area contributed by atoms with Crippen molar-refractivity contribution in [2.75, 3.05) is 18.6 Å². The highest BCUT2D eigenvalue weighted by Crippen LogP contribution is 2.43. The first kappa shape index (κ1) is 19.9. The highest BCUT2D eigenvalue weighted by molar-refractivity contribution is 6.10. The number of methoxy groups -OCH3 is 1. The first-order valence-electron chi connectivity index (χ1n) is 10.1. The molecular formula is C23H25N3O4. The van der Waals surface area contributed by atoms with Crippen LogP contribution in [0.5, 0.6) is 5.75 Å². The van der Waals surface area contributed by atoms with Gasteiger partial charge in [-0.25, -0.2) is 0 Å². The number of nitrogens with one attached hydrogen (secondary N) is 1. The van der Waals surface area contributed by atoms with Gasteiger partial charge in [-0.05, 0) is 31.5 Å². The molecule has 1 saturated heterocycles. The zero-order valence-electron chi connectivity index (χ0n) is 17.2. The van der Waals surface area contributed by atoms with E-state index in [0.717, 1.165) is 5.56 Å². The number of hydrogen-bond acceptors (Lipinski definition) is 4. The fraction of sp³-hybridized carbons (Fsp3) is 0.348. The summed E-state index contributed by atoms with van der Waals surface area (Å²) in [7, 11) is 1.59. The average Bonchev–Trinajstić information content (AvgIpc) is 3.07. The van der Waals surface area contributed by atoms with Crippen molar-refractivity contribution < 1.29 is 19.1 Å². The first-order valence-corrected chi connectivity index (χ1v) is 10.1. The summed E-state index contributed by atoms with van der Waals surface area (Å²) in [6.07, 6.45) is 1.09. The zero-order valence-corrected chi connectivity index (χ0v) is 17.2. The quantitative estimate of drug-likeness (QED) is 0.799. The van der Waals surface area contributed by atoms with Gasteiger partial charge in [0.2, 0.25) is 11.8 Å². The average molecular weight is 407 g/mol. The summed E-state index contributed by atoms with van der Waals surface area (Å²) >= 11 is 0. The van der Waals surface area contributed by atoms with Crippen LogP contribution in [0.2, 0.25) is 0 Å². The van der Waals surface area contributed by atoms with E-state index in [1.54, 1.807) is 29.0 Å². The molecule has 7 heteroatoms. The molecule has 7 nitrogen and oxygen atoms in total. The number of fused-ring (bicyclic) bond motifs is 3. The molecule has 0 saturated carbocycles. The van der Waals surface area contributed by atoms with Crippen LogP contribution in [0.1, 0.15) is 42.1 Å². The van der Waals surface area contributed by atoms with Gasteiger partial charge in [-0.2, -0.15) is 0 Å². The third kappa shape index (κ3) is 3.30. The van der Waals surface area contributed by atoms with E-state index in [1.807, 2.05) is 43.3 Å². The summed E-state index contributed by atoms with van der Waals surface area (Å²) in [5.41, 5.74) is 1.30. The molecule has 1 atom stereocenters. The molecule has 4 rings (SSSR count). The van der Waals surface area contributed by atoms with E-state index in [4.69, 9.17) is 4.74 Å². The molecule has 0 aromatic heterocycles. The molecule has 1 N–H and O–H groups in total. The lowest BCUT2D eigenvalue weighted by molar-refractivity contribution is -0.121. The number of hydrogen-bond donors (Lipinski definition) is 1. The molecule has 30 heavy (non-hydrogen) atoms. The maximum Gasteiger partial charge on any atom is 0.257 e. The molecule has 2 aromatic carbocycles. The second kappa shape index (κ2) is 7.82. The van der Waals surface area contributed by atoms with Crippen LogP contribution in [0.3, 0.4) is 0 Å². The van der Waals surface area contributed by atoms with E-state index in [-0.39, 0.29) is 30.7 Å². The molecule has 0 unspecified atom stereocenters. The van der Waals surface area contributed by atoms with Crippen molar-refractivity contribution in [2.45, 2.75) is 38.4 Å². The second-order valence-corrected chi connectivity index (χ2v) is 7.76. The van der Waals surface area contributed by atoms with Crippen molar-refractivity contribution in [3.63, 3.8) is 0 Å². The Balaban J connectivity index is 1.47. The van der Waals surface area contributed by atoms with Gasteiger partial charge in [-0.3, -0.25) is 19.3 Å². The van der Waals surface area contributed by atoms with Crippen LogP contribution in [0.4, 0.5) is 5.69 Å². The fourth-order valence-corrected chi connectivity index (χ4v) is 4.39. The number of carbonyl (C=O) groups is 3. The fourth-order valence-electron chi connectivity index (χ4n) is 4.39. The standard InChI is InChI=1S/C23H25N3O4/c1-23-13-11-21(28)26(23)18-9-5-4-8-17(18)22(29)25(23)14-12-20(27)24-15-16-7-3-6-10-19(16)30-2/h3-10H,11-15H2,1-2H3,(H,24,27)/t23-/m1/s1. The maximum atomic E-state index is 13.2. The molecule has 2 aliphatic heterocycles. The Kier molecular flexibility index (Phi) is 5.20. The monoisotopic (exact) mass is 407 g/mol. The number of amides is 3. The number of benzene rings is 2. The van der Waals surface area contributed by atoms with E-state index in [9.17, 15) is 14.4 Å². The third-order valence-electron chi connectivity index (χ3n) is 5.98. The summed E-state index contributed by atoms with van der Waals surface area (Å²) in [4.78, 5) is 41.7. The predicted molar refractivity (Wildman–Crippen MR) is 112 cm³/mol. The van der Waals surface area contributed by atoms with E-state index in [1.165, 1.54) is 0 Å². The summed E-state index contributed by atoms with van der Waals surface area (Å²) in [6, 6.07) is 14.7. The smallest absolute Gasteiger partial charge is 0.257 e. The van der Waals surface area contributed by atoms with Crippen molar-refractivity contribution in [2.24, 2.45) is 0 Å². The second-order valence-electron chi connectivity index (χ2n) is 7.76. The van der Waals surface area contributed by atoms with Crippen LogP contribution in [-0.2, 0) is 16.1 Å². The minimum absolute atomic E-state index is 0.00285. The van der Waals surface area contributed by atoms with Gasteiger partial charge in [-0.1, -0.05) is 30.3 Å². The highest BCUT2D eigenvalue weighted by Gasteiger charge is 2.52. The minimum Gasteiger partial charge on any atom is -0.496 e. The van der Waals surface area contributed by atoms with E-state index in [0.29, 0.717) is 36.4 Å². The largest absolute Gasteiger partial charge is 0.496 e. The van der Waals surface area contributed by atoms with Crippen LogP contribution in [-0.4, -0.2) is 41.9 Å². The summed E-state index contributed by atoms with van der Waals surface area (Å²) in [5.74, 6) is 0.417. The van der Waals surface area contributed by atoms with Crippen molar-refractivity contribution in [1.29, 1.82) is 0 Å². The Morgan fingerprint density at radius 2 is 1.87 bits per heavy atom. The van der Waals surface area contributed by atoms with Crippen LogP contribution in [0.25, 0.3) is 0 Å². The van der Waals surface area contributed by atoms with Crippen LogP contribution < -0.4 is 15.0 Å². The predicted octanol–water partition coefficient (Wildman–Crippen LogP) is 2.70. The van der Waals surface area contributed by atoms with Crippen LogP contribution in [0.15, 0.2) is 48.5 Å². The molecule has 0 bridgehead atoms. The number of anilines is 1. The Morgan fingerprint density at radius 3 is 2.67 bits per heavy atom. The normalized spacial score (nSPS) is 20.1. The summed E-state index contributed by atoms with van der Waals surface area (Å²) in [5, 5.41) is 2.89. The van der Waals surface area contributed by atoms with E-state index in [2.05, 4.69) is 5.32 Å². The van der Waals surface area contributed by atoms with Crippen molar-refractivity contribution >= 4 is 23.4 Å². The Bertz CT molecular complexity index is 1010. The van der Waals surface area contributed by atoms with Gasteiger partial charge in [-0.15, -0.1) is 0 Å². The SMILES string of the molecule is COc1ccccc1CNC(=O)CCN1C(=O)c2ccccc2N2C(=O)CC[C@]12C. The van der Waals surface area contributed by atoms with Crippen molar-refractivity contribution in [3.05, 3.63) is 59.7 Å². The highest BCUT2D eigenvalue weighted by atomic mass is 16.5. The third-order valence-corrected chi connectivity index (χ3v) is 5.98. The van der Waals surface area contributed by atoms with Gasteiger partial charge in [0, 0.05) is 31.5 Å². The van der Waals surface area contributed by atoms with E-state index < -0.39 is 5.66 Å². The molecule has 3 amide bonds. The summed E-state index contributed by atoms with van der Waals surface area (Å²) < 4.78 is 5.31. The van der Waals surface area contributed by atoms with Crippen molar-refractivity contribution in [3.8, 4) is 5.75 Å². The Hall–Kier alpha value is -3.35. The lowest BCUT2D eigenvalue weighted by Crippen LogP contribution is -2.62. The molecular weight excluding hydrogens is 382 g/mol. The number of ether oxygens (including phenoxy) is 1. The molecule has 2 aliphatic rings. The number of carbonyl (C=O) groups excluding carboxylic acids is 3. The first-order chi connectivity index (χ1) is 14.5. The van der Waals surface area contributed by atoms with Crippen LogP contribution >= 0.6 is 0 Å². The lowest BCUT2D eigenvalue weighted by atomic mass is 9.98. The Labute approximate surface area is 175 Å². The van der Waals surface area contributed by atoms with Gasteiger partial charge in [0.25, 0.3) is 5.91 Å². The lowest BCUT2D eigenvalue weighted by Gasteiger charge is -2.48. The zero-order chi connectivity index (χ0) is 21.3. The molecule has 2 aromatic rings. The molecule has 0 spiro atoms. The van der Waals surface area contributed by atoms with Crippen molar-refractivity contribution in [1.82, 2.24) is 10.2 Å². The van der Waals surface area contributed by atoms with Gasteiger partial charge >= 0.3 is 0 Å². The molecule has 2 heterocycles. The number of para-hydroxylation sites is 2.